The Morgan fingerprint density at radius 3 is 2.96 bits per heavy atom. The third kappa shape index (κ3) is 4.86. The van der Waals surface area contributed by atoms with Gasteiger partial charge < -0.3 is 20.4 Å². The molecule has 5 nitrogen and oxygen atoms in total. The second kappa shape index (κ2) is 8.21. The summed E-state index contributed by atoms with van der Waals surface area (Å²) >= 11 is 3.53. The second-order valence-electron chi connectivity index (χ2n) is 7.04. The molecule has 24 heavy (non-hydrogen) atoms. The summed E-state index contributed by atoms with van der Waals surface area (Å²) in [6.07, 6.45) is 3.36. The lowest BCUT2D eigenvalue weighted by Crippen LogP contribution is -2.50. The van der Waals surface area contributed by atoms with Crippen molar-refractivity contribution in [1.82, 2.24) is 15.5 Å². The van der Waals surface area contributed by atoms with Crippen LogP contribution in [0.3, 0.4) is 0 Å². The average molecular weight is 395 g/mol. The van der Waals surface area contributed by atoms with E-state index in [1.807, 2.05) is 6.07 Å². The molecular formula is C18H27BrN4O. The van der Waals surface area contributed by atoms with Gasteiger partial charge in [0.25, 0.3) is 0 Å². The molecule has 132 valence electrons. The number of hydrogen-bond donors (Lipinski definition) is 2. The fraction of sp³-hybridized carbons (Fsp3) is 0.611. The monoisotopic (exact) mass is 394 g/mol. The fourth-order valence-electron chi connectivity index (χ4n) is 3.66. The van der Waals surface area contributed by atoms with Gasteiger partial charge in [-0.3, -0.25) is 0 Å². The highest BCUT2D eigenvalue weighted by Gasteiger charge is 2.24. The largest absolute Gasteiger partial charge is 0.371 e. The number of anilines is 1. The zero-order valence-electron chi connectivity index (χ0n) is 14.3. The first-order chi connectivity index (χ1) is 11.6. The number of halogens is 1. The summed E-state index contributed by atoms with van der Waals surface area (Å²) in [6, 6.07) is 8.68. The summed E-state index contributed by atoms with van der Waals surface area (Å²) in [6.45, 7) is 4.89. The van der Waals surface area contributed by atoms with Crippen LogP contribution >= 0.6 is 15.9 Å². The Morgan fingerprint density at radius 2 is 2.17 bits per heavy atom. The summed E-state index contributed by atoms with van der Waals surface area (Å²) < 4.78 is 1.11. The van der Waals surface area contributed by atoms with E-state index in [2.05, 4.69) is 61.6 Å². The number of amides is 2. The van der Waals surface area contributed by atoms with Gasteiger partial charge in [-0.15, -0.1) is 0 Å². The molecule has 2 amide bonds. The van der Waals surface area contributed by atoms with E-state index in [1.54, 1.807) is 0 Å². The van der Waals surface area contributed by atoms with Crippen molar-refractivity contribution in [2.75, 3.05) is 44.7 Å². The number of likely N-dealkylation sites (tertiary alicyclic amines) is 1. The van der Waals surface area contributed by atoms with Gasteiger partial charge in [0.15, 0.2) is 0 Å². The number of rotatable bonds is 4. The van der Waals surface area contributed by atoms with Gasteiger partial charge in [-0.05, 0) is 57.0 Å². The first-order valence-electron chi connectivity index (χ1n) is 8.83. The number of benzene rings is 1. The zero-order chi connectivity index (χ0) is 16.9. The van der Waals surface area contributed by atoms with E-state index < -0.39 is 0 Å². The number of nitrogens with zero attached hydrogens (tertiary/aromatic N) is 2. The molecule has 0 unspecified atom stereocenters. The molecule has 2 saturated heterocycles. The van der Waals surface area contributed by atoms with Gasteiger partial charge in [0, 0.05) is 42.4 Å². The maximum Gasteiger partial charge on any atom is 0.315 e. The van der Waals surface area contributed by atoms with Gasteiger partial charge in [0.2, 0.25) is 0 Å². The Labute approximate surface area is 152 Å². The molecule has 1 aromatic rings. The lowest BCUT2D eigenvalue weighted by molar-refractivity contribution is 0.208. The molecule has 2 N–H and O–H groups in total. The van der Waals surface area contributed by atoms with Crippen molar-refractivity contribution >= 4 is 27.6 Å². The predicted molar refractivity (Wildman–Crippen MR) is 102 cm³/mol. The standard InChI is InChI=1S/C18H27BrN4O/c1-22-8-3-5-16(13-22)21-18(24)20-11-14-7-9-23(12-14)17-6-2-4-15(19)10-17/h2,4,6,10,14,16H,3,5,7-9,11-13H2,1H3,(H2,20,21,24)/t14-,16-/m1/s1. The molecule has 2 heterocycles. The van der Waals surface area contributed by atoms with Crippen LogP contribution in [-0.4, -0.2) is 56.7 Å². The molecule has 0 spiro atoms. The Kier molecular flexibility index (Phi) is 6.00. The highest BCUT2D eigenvalue weighted by Crippen LogP contribution is 2.25. The van der Waals surface area contributed by atoms with Gasteiger partial charge in [-0.1, -0.05) is 22.0 Å². The maximum atomic E-state index is 12.1. The van der Waals surface area contributed by atoms with Crippen LogP contribution in [-0.2, 0) is 0 Å². The number of carbonyl (C=O) groups is 1. The third-order valence-corrected chi connectivity index (χ3v) is 5.46. The Bertz CT molecular complexity index is 568. The molecule has 2 aliphatic rings. The molecule has 0 aliphatic carbocycles. The molecule has 1 aromatic carbocycles. The van der Waals surface area contributed by atoms with E-state index in [-0.39, 0.29) is 12.1 Å². The molecule has 0 bridgehead atoms. The summed E-state index contributed by atoms with van der Waals surface area (Å²) in [7, 11) is 2.11. The molecule has 0 saturated carbocycles. The van der Waals surface area contributed by atoms with Crippen LogP contribution < -0.4 is 15.5 Å². The molecule has 3 rings (SSSR count). The van der Waals surface area contributed by atoms with Crippen LogP contribution in [0.15, 0.2) is 28.7 Å². The van der Waals surface area contributed by atoms with E-state index >= 15 is 0 Å². The highest BCUT2D eigenvalue weighted by atomic mass is 79.9. The van der Waals surface area contributed by atoms with Crippen molar-refractivity contribution < 1.29 is 4.79 Å². The Hall–Kier alpha value is -1.27. The molecule has 2 fully saturated rings. The van der Waals surface area contributed by atoms with Gasteiger partial charge >= 0.3 is 6.03 Å². The molecule has 0 radical (unpaired) electrons. The Morgan fingerprint density at radius 1 is 1.29 bits per heavy atom. The molecular weight excluding hydrogens is 368 g/mol. The quantitative estimate of drug-likeness (QED) is 0.824. The summed E-state index contributed by atoms with van der Waals surface area (Å²) in [4.78, 5) is 16.8. The number of piperidine rings is 1. The van der Waals surface area contributed by atoms with Crippen LogP contribution in [0.5, 0.6) is 0 Å². The van der Waals surface area contributed by atoms with Crippen molar-refractivity contribution in [2.24, 2.45) is 5.92 Å². The van der Waals surface area contributed by atoms with Crippen molar-refractivity contribution in [3.63, 3.8) is 0 Å². The number of urea groups is 1. The molecule has 2 atom stereocenters. The van der Waals surface area contributed by atoms with E-state index in [0.29, 0.717) is 5.92 Å². The third-order valence-electron chi connectivity index (χ3n) is 4.97. The predicted octanol–water partition coefficient (Wildman–Crippen LogP) is 2.67. The minimum Gasteiger partial charge on any atom is -0.371 e. The lowest BCUT2D eigenvalue weighted by Gasteiger charge is -2.30. The fourth-order valence-corrected chi connectivity index (χ4v) is 4.05. The van der Waals surface area contributed by atoms with Crippen molar-refractivity contribution in [1.29, 1.82) is 0 Å². The van der Waals surface area contributed by atoms with Crippen LogP contribution in [0.4, 0.5) is 10.5 Å². The molecule has 6 heteroatoms. The van der Waals surface area contributed by atoms with E-state index in [0.717, 1.165) is 56.5 Å². The van der Waals surface area contributed by atoms with Crippen LogP contribution in [0, 0.1) is 5.92 Å². The number of likely N-dealkylation sites (N-methyl/N-ethyl adjacent to an activating group) is 1. The number of nitrogens with one attached hydrogen (secondary N) is 2. The number of hydrogen-bond acceptors (Lipinski definition) is 3. The summed E-state index contributed by atoms with van der Waals surface area (Å²) in [5.41, 5.74) is 1.25. The van der Waals surface area contributed by atoms with Crippen molar-refractivity contribution in [2.45, 2.75) is 25.3 Å². The minimum absolute atomic E-state index is 0.0174. The highest BCUT2D eigenvalue weighted by molar-refractivity contribution is 9.10. The first-order valence-corrected chi connectivity index (χ1v) is 9.63. The van der Waals surface area contributed by atoms with E-state index in [4.69, 9.17) is 0 Å². The SMILES string of the molecule is CN1CCC[C@@H](NC(=O)NC[C@H]2CCN(c3cccc(Br)c3)C2)C1. The van der Waals surface area contributed by atoms with Crippen LogP contribution in [0.1, 0.15) is 19.3 Å². The van der Waals surface area contributed by atoms with Crippen LogP contribution in [0.2, 0.25) is 0 Å². The zero-order valence-corrected chi connectivity index (χ0v) is 15.9. The van der Waals surface area contributed by atoms with Gasteiger partial charge in [-0.25, -0.2) is 4.79 Å². The second-order valence-corrected chi connectivity index (χ2v) is 7.95. The van der Waals surface area contributed by atoms with Gasteiger partial charge in [0.1, 0.15) is 0 Å². The average Bonchev–Trinajstić information content (AvgIpc) is 3.02. The number of carbonyl (C=O) groups excluding carboxylic acids is 1. The van der Waals surface area contributed by atoms with E-state index in [9.17, 15) is 4.79 Å². The van der Waals surface area contributed by atoms with Gasteiger partial charge in [-0.2, -0.15) is 0 Å². The van der Waals surface area contributed by atoms with Crippen molar-refractivity contribution in [3.8, 4) is 0 Å². The Balaban J connectivity index is 1.40. The van der Waals surface area contributed by atoms with Crippen LogP contribution in [0.25, 0.3) is 0 Å². The molecule has 2 aliphatic heterocycles. The van der Waals surface area contributed by atoms with Crippen molar-refractivity contribution in [3.05, 3.63) is 28.7 Å². The topological polar surface area (TPSA) is 47.6 Å². The smallest absolute Gasteiger partial charge is 0.315 e. The maximum absolute atomic E-state index is 12.1. The van der Waals surface area contributed by atoms with Gasteiger partial charge in [0.05, 0.1) is 0 Å². The first kappa shape index (κ1) is 17.5. The van der Waals surface area contributed by atoms with E-state index in [1.165, 1.54) is 5.69 Å². The normalized spacial score (nSPS) is 24.8. The minimum atomic E-state index is -0.0174. The lowest BCUT2D eigenvalue weighted by atomic mass is 10.1. The molecule has 0 aromatic heterocycles. The summed E-state index contributed by atoms with van der Waals surface area (Å²) in [5, 5.41) is 6.18. The summed E-state index contributed by atoms with van der Waals surface area (Å²) in [5.74, 6) is 0.517.